The summed E-state index contributed by atoms with van der Waals surface area (Å²) in [5, 5.41) is 3.69. The molecule has 6 nitrogen and oxygen atoms in total. The van der Waals surface area contributed by atoms with Crippen LogP contribution < -0.4 is 15.8 Å². The van der Waals surface area contributed by atoms with Crippen LogP contribution in [0, 0.1) is 0 Å². The highest BCUT2D eigenvalue weighted by Gasteiger charge is 2.37. The van der Waals surface area contributed by atoms with Crippen molar-refractivity contribution in [2.24, 2.45) is 5.73 Å². The molecule has 0 saturated carbocycles. The van der Waals surface area contributed by atoms with Gasteiger partial charge in [0, 0.05) is 23.6 Å². The summed E-state index contributed by atoms with van der Waals surface area (Å²) >= 11 is 11.8. The van der Waals surface area contributed by atoms with Crippen molar-refractivity contribution in [1.82, 2.24) is 15.0 Å². The Hall–Kier alpha value is -2.23. The van der Waals surface area contributed by atoms with Gasteiger partial charge in [-0.15, -0.1) is 0 Å². The molecule has 28 heavy (non-hydrogen) atoms. The van der Waals surface area contributed by atoms with Crippen LogP contribution in [0.2, 0.25) is 10.4 Å². The van der Waals surface area contributed by atoms with Crippen LogP contribution in [0.4, 0.5) is 19.0 Å². The highest BCUT2D eigenvalue weighted by atomic mass is 35.5. The van der Waals surface area contributed by atoms with Crippen molar-refractivity contribution in [3.05, 3.63) is 46.5 Å². The van der Waals surface area contributed by atoms with Gasteiger partial charge in [-0.25, -0.2) is 4.98 Å². The van der Waals surface area contributed by atoms with Crippen LogP contribution in [0.1, 0.15) is 5.56 Å². The molecule has 0 radical (unpaired) electrons. The van der Waals surface area contributed by atoms with Gasteiger partial charge in [0.2, 0.25) is 5.28 Å². The summed E-state index contributed by atoms with van der Waals surface area (Å²) in [4.78, 5) is 10.8. The zero-order chi connectivity index (χ0) is 20.3. The summed E-state index contributed by atoms with van der Waals surface area (Å²) < 4.78 is 42.9. The second kappa shape index (κ2) is 8.42. The van der Waals surface area contributed by atoms with Crippen molar-refractivity contribution in [2.75, 3.05) is 18.5 Å². The van der Waals surface area contributed by atoms with Gasteiger partial charge in [0.15, 0.2) is 16.7 Å². The van der Waals surface area contributed by atoms with E-state index in [4.69, 9.17) is 33.7 Å². The minimum absolute atomic E-state index is 0.0965. The second-order valence-electron chi connectivity index (χ2n) is 5.96. The Morgan fingerprint density at radius 1 is 1.21 bits per heavy atom. The predicted octanol–water partition coefficient (Wildman–Crippen LogP) is 4.19. The lowest BCUT2D eigenvalue weighted by molar-refractivity contribution is -0.153. The van der Waals surface area contributed by atoms with E-state index in [1.165, 1.54) is 0 Å². The van der Waals surface area contributed by atoms with Crippen LogP contribution in [-0.2, 0) is 6.42 Å². The van der Waals surface area contributed by atoms with Crippen molar-refractivity contribution in [3.8, 4) is 5.75 Å². The number of para-hydroxylation sites is 1. The summed E-state index contributed by atoms with van der Waals surface area (Å²) in [5.41, 5.74) is 7.14. The number of nitrogens with zero attached hydrogens (tertiary/aromatic N) is 2. The molecule has 2 heterocycles. The van der Waals surface area contributed by atoms with Gasteiger partial charge in [0.1, 0.15) is 12.6 Å². The van der Waals surface area contributed by atoms with Gasteiger partial charge in [0.05, 0.1) is 0 Å². The van der Waals surface area contributed by atoms with E-state index in [1.807, 2.05) is 30.5 Å². The fraction of sp³-hybridized carbons (Fsp3) is 0.294. The topological polar surface area (TPSA) is 88.8 Å². The van der Waals surface area contributed by atoms with Crippen molar-refractivity contribution >= 4 is 39.9 Å². The molecule has 0 aliphatic rings. The number of nitrogens with one attached hydrogen (secondary N) is 2. The van der Waals surface area contributed by atoms with Crippen LogP contribution in [0.15, 0.2) is 30.5 Å². The molecular weight excluding hydrogens is 418 g/mol. The average Bonchev–Trinajstić information content (AvgIpc) is 3.03. The molecule has 4 N–H and O–H groups in total. The van der Waals surface area contributed by atoms with E-state index in [9.17, 15) is 13.2 Å². The van der Waals surface area contributed by atoms with E-state index in [2.05, 4.69) is 20.3 Å². The summed E-state index contributed by atoms with van der Waals surface area (Å²) in [6, 6.07) is 5.66. The number of hydrogen-bond acceptors (Lipinski definition) is 5. The molecule has 0 spiro atoms. The van der Waals surface area contributed by atoms with Gasteiger partial charge >= 0.3 is 6.18 Å². The number of aromatic amines is 1. The zero-order valence-corrected chi connectivity index (χ0v) is 15.9. The third kappa shape index (κ3) is 4.78. The molecule has 0 unspecified atom stereocenters. The quantitative estimate of drug-likeness (QED) is 0.384. The third-order valence-electron chi connectivity index (χ3n) is 3.99. The number of ether oxygens (including phenoxy) is 1. The molecule has 2 aromatic heterocycles. The molecule has 3 aromatic rings. The van der Waals surface area contributed by atoms with Gasteiger partial charge in [-0.05, 0) is 29.7 Å². The second-order valence-corrected chi connectivity index (χ2v) is 6.65. The molecule has 0 aliphatic carbocycles. The largest absolute Gasteiger partial charge is 0.485 e. The Kier molecular flexibility index (Phi) is 6.17. The first-order valence-corrected chi connectivity index (χ1v) is 8.98. The number of aromatic nitrogens is 3. The third-order valence-corrected chi connectivity index (χ3v) is 4.41. The molecule has 0 bridgehead atoms. The molecule has 1 atom stereocenters. The number of halogens is 5. The highest BCUT2D eigenvalue weighted by molar-refractivity contribution is 6.33. The summed E-state index contributed by atoms with van der Waals surface area (Å²) in [7, 11) is 0. The number of anilines is 1. The Balaban J connectivity index is 1.70. The molecule has 0 aliphatic heterocycles. The fourth-order valence-electron chi connectivity index (χ4n) is 2.57. The number of benzene rings is 1. The van der Waals surface area contributed by atoms with Gasteiger partial charge < -0.3 is 20.8 Å². The first-order valence-electron chi connectivity index (χ1n) is 8.22. The van der Waals surface area contributed by atoms with Crippen LogP contribution in [0.5, 0.6) is 5.75 Å². The normalized spacial score (nSPS) is 12.9. The monoisotopic (exact) mass is 433 g/mol. The molecule has 11 heteroatoms. The standard InChI is InChI=1S/C17H16Cl2F3N5O/c18-14-13(28-8-12(23)17(20,21)22)15(27-16(19)26-14)24-6-5-9-7-25-11-4-2-1-3-10(9)11/h1-4,7,12,25H,5-6,8,23H2,(H,24,26,27)/t12-/m1/s1. The van der Waals surface area contributed by atoms with Crippen LogP contribution in [-0.4, -0.2) is 40.3 Å². The van der Waals surface area contributed by atoms with Crippen LogP contribution in [0.3, 0.4) is 0 Å². The van der Waals surface area contributed by atoms with E-state index in [0.717, 1.165) is 16.5 Å². The SMILES string of the molecule is N[C@H](COc1c(Cl)nc(Cl)nc1NCCc1c[nH]c2ccccc12)C(F)(F)F. The van der Waals surface area contributed by atoms with Crippen molar-refractivity contribution in [3.63, 3.8) is 0 Å². The minimum atomic E-state index is -4.59. The number of alkyl halides is 3. The zero-order valence-electron chi connectivity index (χ0n) is 14.4. The Morgan fingerprint density at radius 2 is 1.96 bits per heavy atom. The Bertz CT molecular complexity index is 964. The average molecular weight is 434 g/mol. The number of nitrogens with two attached hydrogens (primary N) is 1. The fourth-order valence-corrected chi connectivity index (χ4v) is 3.00. The maximum Gasteiger partial charge on any atom is 0.406 e. The van der Waals surface area contributed by atoms with E-state index in [1.54, 1.807) is 0 Å². The maximum atomic E-state index is 12.6. The molecule has 0 saturated heterocycles. The van der Waals surface area contributed by atoms with Gasteiger partial charge in [-0.1, -0.05) is 29.8 Å². The Labute approximate surface area is 168 Å². The van der Waals surface area contributed by atoms with E-state index < -0.39 is 18.8 Å². The smallest absolute Gasteiger partial charge is 0.406 e. The van der Waals surface area contributed by atoms with Crippen molar-refractivity contribution in [1.29, 1.82) is 0 Å². The summed E-state index contributed by atoms with van der Waals surface area (Å²) in [6.45, 7) is -0.418. The number of fused-ring (bicyclic) bond motifs is 1. The number of hydrogen-bond donors (Lipinski definition) is 3. The van der Waals surface area contributed by atoms with Crippen LogP contribution in [0.25, 0.3) is 10.9 Å². The van der Waals surface area contributed by atoms with Crippen LogP contribution >= 0.6 is 23.2 Å². The maximum absolute atomic E-state index is 12.6. The van der Waals surface area contributed by atoms with Gasteiger partial charge in [-0.2, -0.15) is 18.2 Å². The highest BCUT2D eigenvalue weighted by Crippen LogP contribution is 2.32. The van der Waals surface area contributed by atoms with E-state index in [-0.39, 0.29) is 22.0 Å². The lowest BCUT2D eigenvalue weighted by atomic mass is 10.1. The lowest BCUT2D eigenvalue weighted by Gasteiger charge is -2.18. The van der Waals surface area contributed by atoms with Gasteiger partial charge in [-0.3, -0.25) is 0 Å². The molecular formula is C17H16Cl2F3N5O. The first kappa shape index (κ1) is 20.5. The number of rotatable bonds is 7. The first-order chi connectivity index (χ1) is 13.3. The molecule has 0 fully saturated rings. The molecule has 0 amide bonds. The summed E-state index contributed by atoms with van der Waals surface area (Å²) in [5.74, 6) is -0.0380. The Morgan fingerprint density at radius 3 is 2.71 bits per heavy atom. The molecule has 150 valence electrons. The lowest BCUT2D eigenvalue weighted by Crippen LogP contribution is -2.42. The molecule has 1 aromatic carbocycles. The van der Waals surface area contributed by atoms with Gasteiger partial charge in [0.25, 0.3) is 0 Å². The minimum Gasteiger partial charge on any atom is -0.485 e. The molecule has 3 rings (SSSR count). The van der Waals surface area contributed by atoms with E-state index in [0.29, 0.717) is 13.0 Å². The predicted molar refractivity (Wildman–Crippen MR) is 102 cm³/mol. The van der Waals surface area contributed by atoms with E-state index >= 15 is 0 Å². The number of H-pyrrole nitrogens is 1. The van der Waals surface area contributed by atoms with Crippen molar-refractivity contribution < 1.29 is 17.9 Å². The van der Waals surface area contributed by atoms with Crippen molar-refractivity contribution in [2.45, 2.75) is 18.6 Å². The summed E-state index contributed by atoms with van der Waals surface area (Å²) in [6.07, 6.45) is -2.08.